The lowest BCUT2D eigenvalue weighted by Crippen LogP contribution is -2.20. The van der Waals surface area contributed by atoms with Gasteiger partial charge in [-0.15, -0.1) is 0 Å². The van der Waals surface area contributed by atoms with Crippen LogP contribution in [0.15, 0.2) is 66.7 Å². The number of benzene rings is 2. The lowest BCUT2D eigenvalue weighted by molar-refractivity contribution is -0.153. The molecule has 0 radical (unpaired) electrons. The Morgan fingerprint density at radius 1 is 1.00 bits per heavy atom. The van der Waals surface area contributed by atoms with Gasteiger partial charge in [-0.2, -0.15) is 13.2 Å². The van der Waals surface area contributed by atoms with Crippen LogP contribution in [0.1, 0.15) is 16.1 Å². The van der Waals surface area contributed by atoms with Crippen molar-refractivity contribution in [2.75, 3.05) is 11.9 Å². The van der Waals surface area contributed by atoms with Crippen molar-refractivity contribution in [3.8, 4) is 17.0 Å². The smallest absolute Gasteiger partial charge is 0.422 e. The van der Waals surface area contributed by atoms with Gasteiger partial charge in [-0.05, 0) is 31.2 Å². The molecule has 1 aromatic heterocycles. The molecule has 0 atom stereocenters. The zero-order valence-electron chi connectivity index (χ0n) is 15.0. The number of nitrogens with zero attached hydrogens (tertiary/aromatic N) is 1. The first kappa shape index (κ1) is 19.4. The highest BCUT2D eigenvalue weighted by Crippen LogP contribution is 2.27. The average Bonchev–Trinajstić information content (AvgIpc) is 2.67. The van der Waals surface area contributed by atoms with Gasteiger partial charge in [0.2, 0.25) is 0 Å². The fourth-order valence-corrected chi connectivity index (χ4v) is 2.62. The molecule has 0 aliphatic heterocycles. The van der Waals surface area contributed by atoms with Gasteiger partial charge in [0, 0.05) is 5.56 Å². The van der Waals surface area contributed by atoms with Crippen molar-refractivity contribution < 1.29 is 22.7 Å². The number of pyridine rings is 1. The largest absolute Gasteiger partial charge is 0.482 e. The zero-order chi connectivity index (χ0) is 20.1. The van der Waals surface area contributed by atoms with E-state index in [1.807, 2.05) is 30.3 Å². The number of amides is 1. The van der Waals surface area contributed by atoms with Crippen LogP contribution in [0.25, 0.3) is 11.3 Å². The second kappa shape index (κ2) is 8.12. The van der Waals surface area contributed by atoms with Crippen LogP contribution in [0, 0.1) is 6.92 Å². The maximum Gasteiger partial charge on any atom is 0.422 e. The Bertz CT molecular complexity index is 973. The van der Waals surface area contributed by atoms with Gasteiger partial charge in [0.05, 0.1) is 22.6 Å². The van der Waals surface area contributed by atoms with E-state index in [9.17, 15) is 18.0 Å². The normalized spacial score (nSPS) is 11.1. The highest BCUT2D eigenvalue weighted by atomic mass is 19.4. The molecule has 0 bridgehead atoms. The monoisotopic (exact) mass is 386 g/mol. The summed E-state index contributed by atoms with van der Waals surface area (Å²) < 4.78 is 42.0. The quantitative estimate of drug-likeness (QED) is 0.652. The standard InChI is InChI=1S/C21H17F3N2O2/c1-14-16(11-12-17(25-14)15-7-3-2-4-8-15)20(27)26-18-9-5-6-10-19(18)28-13-21(22,23)24/h2-12H,13H2,1H3,(H,26,27). The zero-order valence-corrected chi connectivity index (χ0v) is 15.0. The van der Waals surface area contributed by atoms with Crippen molar-refractivity contribution in [3.63, 3.8) is 0 Å². The molecular weight excluding hydrogens is 369 g/mol. The molecule has 7 heteroatoms. The number of aryl methyl sites for hydroxylation is 1. The predicted molar refractivity (Wildman–Crippen MR) is 100 cm³/mol. The topological polar surface area (TPSA) is 51.2 Å². The fraction of sp³-hybridized carbons (Fsp3) is 0.143. The number of hydrogen-bond acceptors (Lipinski definition) is 3. The summed E-state index contributed by atoms with van der Waals surface area (Å²) in [6.45, 7) is 0.264. The van der Waals surface area contributed by atoms with Gasteiger partial charge >= 0.3 is 6.18 Å². The number of carbonyl (C=O) groups excluding carboxylic acids is 1. The summed E-state index contributed by atoms with van der Waals surface area (Å²) in [6.07, 6.45) is -4.47. The molecule has 0 unspecified atom stereocenters. The number of alkyl halides is 3. The van der Waals surface area contributed by atoms with Crippen LogP contribution >= 0.6 is 0 Å². The highest BCUT2D eigenvalue weighted by Gasteiger charge is 2.29. The number of anilines is 1. The molecule has 0 spiro atoms. The number of rotatable bonds is 5. The molecular formula is C21H17F3N2O2. The Morgan fingerprint density at radius 3 is 2.36 bits per heavy atom. The Balaban J connectivity index is 1.79. The number of halogens is 3. The van der Waals surface area contributed by atoms with E-state index < -0.39 is 18.7 Å². The van der Waals surface area contributed by atoms with Crippen LogP contribution in [0.5, 0.6) is 5.75 Å². The van der Waals surface area contributed by atoms with Crippen molar-refractivity contribution in [3.05, 3.63) is 78.0 Å². The third kappa shape index (κ3) is 4.88. The van der Waals surface area contributed by atoms with Crippen molar-refractivity contribution in [2.45, 2.75) is 13.1 Å². The Morgan fingerprint density at radius 2 is 1.68 bits per heavy atom. The van der Waals surface area contributed by atoms with Gasteiger partial charge in [0.25, 0.3) is 5.91 Å². The SMILES string of the molecule is Cc1nc(-c2ccccc2)ccc1C(=O)Nc1ccccc1OCC(F)(F)F. The lowest BCUT2D eigenvalue weighted by atomic mass is 10.1. The van der Waals surface area contributed by atoms with Crippen LogP contribution < -0.4 is 10.1 Å². The molecule has 0 saturated heterocycles. The third-order valence-corrected chi connectivity index (χ3v) is 3.93. The summed E-state index contributed by atoms with van der Waals surface area (Å²) in [4.78, 5) is 17.1. The summed E-state index contributed by atoms with van der Waals surface area (Å²) in [5.41, 5.74) is 2.63. The molecule has 3 rings (SSSR count). The fourth-order valence-electron chi connectivity index (χ4n) is 2.62. The molecule has 4 nitrogen and oxygen atoms in total. The van der Waals surface area contributed by atoms with Gasteiger partial charge in [0.1, 0.15) is 5.75 Å². The van der Waals surface area contributed by atoms with E-state index in [2.05, 4.69) is 10.3 Å². The van der Waals surface area contributed by atoms with Gasteiger partial charge in [-0.25, -0.2) is 0 Å². The summed E-state index contributed by atoms with van der Waals surface area (Å²) in [6, 6.07) is 18.8. The van der Waals surface area contributed by atoms with Crippen LogP contribution in [-0.2, 0) is 0 Å². The van der Waals surface area contributed by atoms with Gasteiger partial charge in [-0.1, -0.05) is 42.5 Å². The molecule has 0 fully saturated rings. The first-order valence-corrected chi connectivity index (χ1v) is 8.46. The minimum Gasteiger partial charge on any atom is -0.482 e. The summed E-state index contributed by atoms with van der Waals surface area (Å²) in [7, 11) is 0. The van der Waals surface area contributed by atoms with Crippen LogP contribution in [0.4, 0.5) is 18.9 Å². The van der Waals surface area contributed by atoms with Crippen molar-refractivity contribution >= 4 is 11.6 Å². The second-order valence-electron chi connectivity index (χ2n) is 6.05. The number of para-hydroxylation sites is 2. The lowest BCUT2D eigenvalue weighted by Gasteiger charge is -2.14. The number of nitrogens with one attached hydrogen (secondary N) is 1. The first-order chi connectivity index (χ1) is 13.3. The van der Waals surface area contributed by atoms with E-state index in [-0.39, 0.29) is 11.4 Å². The molecule has 28 heavy (non-hydrogen) atoms. The highest BCUT2D eigenvalue weighted by molar-refractivity contribution is 6.05. The van der Waals surface area contributed by atoms with Crippen molar-refractivity contribution in [2.24, 2.45) is 0 Å². The molecule has 2 aromatic carbocycles. The maximum atomic E-state index is 12.6. The van der Waals surface area contributed by atoms with Crippen LogP contribution in [0.2, 0.25) is 0 Å². The first-order valence-electron chi connectivity index (χ1n) is 8.46. The van der Waals surface area contributed by atoms with E-state index in [1.54, 1.807) is 25.1 Å². The molecule has 0 aliphatic carbocycles. The van der Waals surface area contributed by atoms with E-state index in [0.717, 1.165) is 11.3 Å². The van der Waals surface area contributed by atoms with Crippen LogP contribution in [-0.4, -0.2) is 23.7 Å². The maximum absolute atomic E-state index is 12.6. The third-order valence-electron chi connectivity index (χ3n) is 3.93. The summed E-state index contributed by atoms with van der Waals surface area (Å²) in [5, 5.41) is 2.59. The second-order valence-corrected chi connectivity index (χ2v) is 6.05. The van der Waals surface area contributed by atoms with Gasteiger partial charge in [-0.3, -0.25) is 9.78 Å². The van der Waals surface area contributed by atoms with E-state index in [1.165, 1.54) is 18.2 Å². The molecule has 1 N–H and O–H groups in total. The summed E-state index contributed by atoms with van der Waals surface area (Å²) >= 11 is 0. The minimum atomic E-state index is -4.47. The van der Waals surface area contributed by atoms with E-state index in [0.29, 0.717) is 11.3 Å². The predicted octanol–water partition coefficient (Wildman–Crippen LogP) is 5.25. The number of ether oxygens (including phenoxy) is 1. The number of hydrogen-bond donors (Lipinski definition) is 1. The van der Waals surface area contributed by atoms with Gasteiger partial charge < -0.3 is 10.1 Å². The van der Waals surface area contributed by atoms with Crippen molar-refractivity contribution in [1.29, 1.82) is 0 Å². The molecule has 1 heterocycles. The Labute approximate surface area is 160 Å². The van der Waals surface area contributed by atoms with Crippen molar-refractivity contribution in [1.82, 2.24) is 4.98 Å². The molecule has 3 aromatic rings. The summed E-state index contributed by atoms with van der Waals surface area (Å²) in [5.74, 6) is -0.535. The molecule has 144 valence electrons. The average molecular weight is 386 g/mol. The van der Waals surface area contributed by atoms with Crippen LogP contribution in [0.3, 0.4) is 0 Å². The van der Waals surface area contributed by atoms with E-state index in [4.69, 9.17) is 4.74 Å². The minimum absolute atomic E-state index is 0.0558. The number of carbonyl (C=O) groups is 1. The number of aromatic nitrogens is 1. The Hall–Kier alpha value is -3.35. The van der Waals surface area contributed by atoms with Gasteiger partial charge in [0.15, 0.2) is 6.61 Å². The molecule has 1 amide bonds. The van der Waals surface area contributed by atoms with E-state index >= 15 is 0 Å². The molecule has 0 aliphatic rings. The Kier molecular flexibility index (Phi) is 5.63. The molecule has 0 saturated carbocycles.